The van der Waals surface area contributed by atoms with Crippen molar-refractivity contribution in [2.75, 3.05) is 13.4 Å². The molecule has 4 aromatic rings. The maximum absolute atomic E-state index is 5.29. The molecule has 5 rings (SSSR count). The van der Waals surface area contributed by atoms with Gasteiger partial charge in [0.2, 0.25) is 0 Å². The molecule has 0 saturated heterocycles. The van der Waals surface area contributed by atoms with Crippen LogP contribution in [-0.2, 0) is 25.0 Å². The van der Waals surface area contributed by atoms with Gasteiger partial charge in [0, 0.05) is 16.8 Å². The van der Waals surface area contributed by atoms with Gasteiger partial charge in [0.05, 0.1) is 17.3 Å². The smallest absolute Gasteiger partial charge is 0.189 e. The van der Waals surface area contributed by atoms with Crippen LogP contribution in [0.15, 0.2) is 34.4 Å². The molecule has 0 fully saturated rings. The highest BCUT2D eigenvalue weighted by Gasteiger charge is 2.25. The third-order valence-electron chi connectivity index (χ3n) is 5.89. The van der Waals surface area contributed by atoms with Crippen LogP contribution in [0.3, 0.4) is 0 Å². The van der Waals surface area contributed by atoms with Crippen LogP contribution in [0.4, 0.5) is 0 Å². The van der Waals surface area contributed by atoms with Crippen LogP contribution in [0.25, 0.3) is 20.4 Å². The van der Waals surface area contributed by atoms with E-state index in [9.17, 15) is 0 Å². The van der Waals surface area contributed by atoms with Gasteiger partial charge >= 0.3 is 0 Å². The second-order valence-corrected chi connectivity index (χ2v) is 11.3. The molecule has 0 saturated carbocycles. The molecule has 1 aliphatic carbocycles. The topological polar surface area (TPSA) is 47.9 Å². The fourth-order valence-corrected chi connectivity index (χ4v) is 7.07. The Kier molecular flexibility index (Phi) is 6.32. The van der Waals surface area contributed by atoms with Crippen molar-refractivity contribution in [1.29, 1.82) is 0 Å². The SMILES string of the molecule is COc1ccc(CSc2nc(SC)nc3c2sc2nc(CC(C)C)c4c(c23)CCC4)cc1. The van der Waals surface area contributed by atoms with Crippen molar-refractivity contribution in [3.8, 4) is 5.75 Å². The molecule has 0 amide bonds. The van der Waals surface area contributed by atoms with Gasteiger partial charge in [0.25, 0.3) is 0 Å². The molecular formula is C25H27N3OS3. The molecule has 4 nitrogen and oxygen atoms in total. The standard InChI is InChI=1S/C25H27N3OS3/c1-14(2)12-19-17-6-5-7-18(17)20-21-22(32-23(20)26-19)24(28-25(27-21)30-4)31-13-15-8-10-16(29-3)11-9-15/h8-11,14H,5-7,12-13H2,1-4H3. The van der Waals surface area contributed by atoms with Gasteiger partial charge in [-0.05, 0) is 66.7 Å². The molecule has 32 heavy (non-hydrogen) atoms. The second kappa shape index (κ2) is 9.20. The number of pyridine rings is 1. The maximum atomic E-state index is 5.29. The molecule has 0 bridgehead atoms. The monoisotopic (exact) mass is 481 g/mol. The average Bonchev–Trinajstić information content (AvgIpc) is 3.42. The van der Waals surface area contributed by atoms with E-state index in [0.29, 0.717) is 5.92 Å². The molecule has 1 aliphatic rings. The number of aromatic nitrogens is 3. The first-order valence-corrected chi connectivity index (χ1v) is 14.0. The van der Waals surface area contributed by atoms with Crippen LogP contribution in [0.2, 0.25) is 0 Å². The number of benzene rings is 1. The van der Waals surface area contributed by atoms with E-state index in [4.69, 9.17) is 19.7 Å². The molecule has 166 valence electrons. The van der Waals surface area contributed by atoms with Crippen LogP contribution in [0, 0.1) is 5.92 Å². The molecule has 1 aromatic carbocycles. The van der Waals surface area contributed by atoms with E-state index in [1.807, 2.05) is 12.1 Å². The van der Waals surface area contributed by atoms with Crippen molar-refractivity contribution >= 4 is 55.3 Å². The van der Waals surface area contributed by atoms with Crippen LogP contribution in [-0.4, -0.2) is 28.3 Å². The van der Waals surface area contributed by atoms with E-state index in [1.165, 1.54) is 38.9 Å². The Hall–Kier alpha value is -1.83. The zero-order valence-corrected chi connectivity index (χ0v) is 21.3. The second-order valence-electron chi connectivity index (χ2n) is 8.58. The predicted molar refractivity (Wildman–Crippen MR) is 138 cm³/mol. The van der Waals surface area contributed by atoms with Gasteiger partial charge in [-0.3, -0.25) is 0 Å². The molecule has 0 unspecified atom stereocenters. The van der Waals surface area contributed by atoms with Gasteiger partial charge in [0.1, 0.15) is 15.6 Å². The summed E-state index contributed by atoms with van der Waals surface area (Å²) in [4.78, 5) is 16.2. The number of thioether (sulfide) groups is 2. The summed E-state index contributed by atoms with van der Waals surface area (Å²) in [6.45, 7) is 4.56. The van der Waals surface area contributed by atoms with Gasteiger partial charge in [0.15, 0.2) is 5.16 Å². The molecule has 0 N–H and O–H groups in total. The minimum atomic E-state index is 0.609. The minimum absolute atomic E-state index is 0.609. The number of nitrogens with zero attached hydrogens (tertiary/aromatic N) is 3. The Balaban J connectivity index is 1.61. The lowest BCUT2D eigenvalue weighted by molar-refractivity contribution is 0.414. The van der Waals surface area contributed by atoms with Crippen molar-refractivity contribution < 1.29 is 4.74 Å². The average molecular weight is 482 g/mol. The summed E-state index contributed by atoms with van der Waals surface area (Å²) in [6.07, 6.45) is 6.61. The number of fused-ring (bicyclic) bond motifs is 5. The maximum Gasteiger partial charge on any atom is 0.189 e. The van der Waals surface area contributed by atoms with E-state index in [0.717, 1.165) is 51.3 Å². The van der Waals surface area contributed by atoms with Crippen molar-refractivity contribution in [2.45, 2.75) is 55.5 Å². The van der Waals surface area contributed by atoms with Gasteiger partial charge in [-0.25, -0.2) is 15.0 Å². The van der Waals surface area contributed by atoms with Crippen molar-refractivity contribution in [3.05, 3.63) is 46.6 Å². The van der Waals surface area contributed by atoms with Crippen molar-refractivity contribution in [2.24, 2.45) is 5.92 Å². The number of ether oxygens (including phenoxy) is 1. The zero-order valence-electron chi connectivity index (χ0n) is 18.9. The largest absolute Gasteiger partial charge is 0.497 e. The van der Waals surface area contributed by atoms with Crippen LogP contribution >= 0.6 is 34.9 Å². The predicted octanol–water partition coefficient (Wildman–Crippen LogP) is 6.95. The van der Waals surface area contributed by atoms with E-state index in [1.54, 1.807) is 42.0 Å². The summed E-state index contributed by atoms with van der Waals surface area (Å²) in [7, 11) is 1.70. The van der Waals surface area contributed by atoms with Gasteiger partial charge < -0.3 is 4.74 Å². The normalized spacial score (nSPS) is 13.4. The summed E-state index contributed by atoms with van der Waals surface area (Å²) >= 11 is 5.17. The summed E-state index contributed by atoms with van der Waals surface area (Å²) in [6, 6.07) is 8.28. The lowest BCUT2D eigenvalue weighted by Gasteiger charge is -2.11. The summed E-state index contributed by atoms with van der Waals surface area (Å²) in [5, 5.41) is 3.19. The fraction of sp³-hybridized carbons (Fsp3) is 0.400. The van der Waals surface area contributed by atoms with Gasteiger partial charge in [-0.2, -0.15) is 0 Å². The summed E-state index contributed by atoms with van der Waals surface area (Å²) < 4.78 is 6.47. The number of thiophene rings is 1. The highest BCUT2D eigenvalue weighted by Crippen LogP contribution is 2.43. The third kappa shape index (κ3) is 4.11. The van der Waals surface area contributed by atoms with E-state index < -0.39 is 0 Å². The number of hydrogen-bond donors (Lipinski definition) is 0. The number of rotatable bonds is 7. The molecule has 0 aliphatic heterocycles. The minimum Gasteiger partial charge on any atom is -0.497 e. The van der Waals surface area contributed by atoms with Crippen LogP contribution in [0.1, 0.15) is 42.7 Å². The van der Waals surface area contributed by atoms with E-state index >= 15 is 0 Å². The van der Waals surface area contributed by atoms with E-state index in [-0.39, 0.29) is 0 Å². The quantitative estimate of drug-likeness (QED) is 0.162. The van der Waals surface area contributed by atoms with Crippen LogP contribution < -0.4 is 4.74 Å². The molecular weight excluding hydrogens is 454 g/mol. The Morgan fingerprint density at radius 2 is 1.84 bits per heavy atom. The fourth-order valence-electron chi connectivity index (χ4n) is 4.42. The van der Waals surface area contributed by atoms with Gasteiger partial charge in [-0.1, -0.05) is 37.7 Å². The lowest BCUT2D eigenvalue weighted by Crippen LogP contribution is -2.03. The first kappa shape index (κ1) is 22.0. The van der Waals surface area contributed by atoms with Crippen molar-refractivity contribution in [1.82, 2.24) is 15.0 Å². The number of hydrogen-bond acceptors (Lipinski definition) is 7. The summed E-state index contributed by atoms with van der Waals surface area (Å²) in [5.41, 5.74) is 6.64. The third-order valence-corrected chi connectivity index (χ3v) is 8.69. The molecule has 3 aromatic heterocycles. The van der Waals surface area contributed by atoms with Crippen molar-refractivity contribution in [3.63, 3.8) is 0 Å². The Morgan fingerprint density at radius 1 is 1.06 bits per heavy atom. The van der Waals surface area contributed by atoms with Crippen LogP contribution in [0.5, 0.6) is 5.75 Å². The number of aryl methyl sites for hydroxylation is 1. The molecule has 0 atom stereocenters. The Labute approximate surface area is 201 Å². The van der Waals surface area contributed by atoms with Gasteiger partial charge in [-0.15, -0.1) is 23.1 Å². The van der Waals surface area contributed by atoms with E-state index in [2.05, 4.69) is 32.2 Å². The highest BCUT2D eigenvalue weighted by atomic mass is 32.2. The first-order chi connectivity index (χ1) is 15.6. The Morgan fingerprint density at radius 3 is 2.56 bits per heavy atom. The summed E-state index contributed by atoms with van der Waals surface area (Å²) in [5.74, 6) is 2.36. The molecule has 3 heterocycles. The highest BCUT2D eigenvalue weighted by molar-refractivity contribution is 7.99. The lowest BCUT2D eigenvalue weighted by atomic mass is 9.99. The first-order valence-electron chi connectivity index (χ1n) is 11.0. The number of methoxy groups -OCH3 is 1. The Bertz CT molecular complexity index is 1280. The molecule has 0 radical (unpaired) electrons. The molecule has 7 heteroatoms. The molecule has 0 spiro atoms. The zero-order chi connectivity index (χ0) is 22.2.